The molecule has 1 saturated heterocycles. The Bertz CT molecular complexity index is 961. The topological polar surface area (TPSA) is 114 Å². The smallest absolute Gasteiger partial charge is 0.293 e. The SMILES string of the molecule is CC1(C)COC(Cn2cc(-c3ncc(C#CC(N)=O)cc3OC3CC3)nn2)OC1. The first-order valence-electron chi connectivity index (χ1n) is 9.50. The van der Waals surface area contributed by atoms with E-state index in [1.54, 1.807) is 23.1 Å². The van der Waals surface area contributed by atoms with E-state index in [0.29, 0.717) is 42.5 Å². The molecule has 1 aliphatic carbocycles. The van der Waals surface area contributed by atoms with Gasteiger partial charge in [0.2, 0.25) is 0 Å². The highest BCUT2D eigenvalue weighted by atomic mass is 16.7. The molecule has 9 heteroatoms. The summed E-state index contributed by atoms with van der Waals surface area (Å²) in [6.07, 6.45) is 5.13. The molecule has 3 heterocycles. The quantitative estimate of drug-likeness (QED) is 0.752. The number of rotatable bonds is 5. The van der Waals surface area contributed by atoms with Crippen LogP contribution in [0.4, 0.5) is 0 Å². The lowest BCUT2D eigenvalue weighted by Gasteiger charge is -2.34. The van der Waals surface area contributed by atoms with Gasteiger partial charge in [-0.3, -0.25) is 4.79 Å². The van der Waals surface area contributed by atoms with Gasteiger partial charge in [-0.05, 0) is 18.9 Å². The molecule has 2 aromatic heterocycles. The molecule has 1 saturated carbocycles. The predicted molar refractivity (Wildman–Crippen MR) is 102 cm³/mol. The molecule has 4 rings (SSSR count). The molecule has 2 fully saturated rings. The van der Waals surface area contributed by atoms with Gasteiger partial charge in [0.1, 0.15) is 17.1 Å². The first-order chi connectivity index (χ1) is 13.9. The highest BCUT2D eigenvalue weighted by molar-refractivity contribution is 5.92. The third-order valence-corrected chi connectivity index (χ3v) is 4.44. The second kappa shape index (κ2) is 7.81. The minimum absolute atomic E-state index is 0.0160. The first kappa shape index (κ1) is 19.4. The van der Waals surface area contributed by atoms with Gasteiger partial charge in [-0.15, -0.1) is 5.10 Å². The van der Waals surface area contributed by atoms with Crippen LogP contribution in [0.3, 0.4) is 0 Å². The van der Waals surface area contributed by atoms with Crippen molar-refractivity contribution in [3.05, 3.63) is 24.0 Å². The predicted octanol–water partition coefficient (Wildman–Crippen LogP) is 1.12. The number of carbonyl (C=O) groups excluding carboxylic acids is 1. The Hall–Kier alpha value is -2.96. The number of amides is 1. The van der Waals surface area contributed by atoms with Crippen LogP contribution in [0.15, 0.2) is 18.5 Å². The molecule has 2 aliphatic rings. The Kier molecular flexibility index (Phi) is 5.22. The van der Waals surface area contributed by atoms with Crippen molar-refractivity contribution in [1.29, 1.82) is 0 Å². The van der Waals surface area contributed by atoms with E-state index < -0.39 is 5.91 Å². The number of aromatic nitrogens is 4. The molecule has 2 aromatic rings. The van der Waals surface area contributed by atoms with E-state index in [0.717, 1.165) is 12.8 Å². The zero-order valence-corrected chi connectivity index (χ0v) is 16.4. The van der Waals surface area contributed by atoms with E-state index in [2.05, 4.69) is 41.0 Å². The van der Waals surface area contributed by atoms with Gasteiger partial charge in [0.15, 0.2) is 6.29 Å². The van der Waals surface area contributed by atoms with Crippen molar-refractivity contribution in [2.24, 2.45) is 11.1 Å². The van der Waals surface area contributed by atoms with Gasteiger partial charge >= 0.3 is 0 Å². The molecule has 29 heavy (non-hydrogen) atoms. The number of nitrogens with two attached hydrogens (primary N) is 1. The molecule has 1 amide bonds. The van der Waals surface area contributed by atoms with Crippen LogP contribution < -0.4 is 10.5 Å². The normalized spacial score (nSPS) is 18.7. The zero-order valence-electron chi connectivity index (χ0n) is 16.4. The average molecular weight is 397 g/mol. The van der Waals surface area contributed by atoms with Crippen LogP contribution in [0.25, 0.3) is 11.4 Å². The molecule has 0 atom stereocenters. The minimum Gasteiger partial charge on any atom is -0.488 e. The molecular weight excluding hydrogens is 374 g/mol. The van der Waals surface area contributed by atoms with Crippen LogP contribution in [0.5, 0.6) is 5.75 Å². The Morgan fingerprint density at radius 1 is 1.38 bits per heavy atom. The molecule has 0 aromatic carbocycles. The molecule has 0 bridgehead atoms. The van der Waals surface area contributed by atoms with Crippen molar-refractivity contribution >= 4 is 5.91 Å². The maximum Gasteiger partial charge on any atom is 0.293 e. The van der Waals surface area contributed by atoms with E-state index in [4.69, 9.17) is 19.9 Å². The summed E-state index contributed by atoms with van der Waals surface area (Å²) in [6.45, 7) is 5.90. The number of carbonyl (C=O) groups is 1. The lowest BCUT2D eigenvalue weighted by atomic mass is 9.96. The molecule has 0 spiro atoms. The number of ether oxygens (including phenoxy) is 3. The first-order valence-corrected chi connectivity index (χ1v) is 9.50. The molecule has 1 aliphatic heterocycles. The number of hydrogen-bond acceptors (Lipinski definition) is 7. The third-order valence-electron chi connectivity index (χ3n) is 4.44. The van der Waals surface area contributed by atoms with Gasteiger partial charge in [-0.1, -0.05) is 25.0 Å². The summed E-state index contributed by atoms with van der Waals surface area (Å²) in [5.74, 6) is 4.85. The summed E-state index contributed by atoms with van der Waals surface area (Å²) in [5, 5.41) is 8.38. The third kappa shape index (κ3) is 5.10. The van der Waals surface area contributed by atoms with Crippen molar-refractivity contribution in [2.45, 2.75) is 45.6 Å². The summed E-state index contributed by atoms with van der Waals surface area (Å²) in [5.41, 5.74) is 6.78. The highest BCUT2D eigenvalue weighted by Gasteiger charge is 2.29. The van der Waals surface area contributed by atoms with E-state index in [-0.39, 0.29) is 17.8 Å². The fourth-order valence-electron chi connectivity index (χ4n) is 2.78. The average Bonchev–Trinajstić information content (AvgIpc) is 3.37. The van der Waals surface area contributed by atoms with E-state index in [1.165, 1.54) is 0 Å². The molecule has 0 radical (unpaired) electrons. The van der Waals surface area contributed by atoms with Crippen LogP contribution >= 0.6 is 0 Å². The van der Waals surface area contributed by atoms with Crippen molar-refractivity contribution in [2.75, 3.05) is 13.2 Å². The number of pyridine rings is 1. The monoisotopic (exact) mass is 397 g/mol. The van der Waals surface area contributed by atoms with Crippen molar-refractivity contribution in [3.63, 3.8) is 0 Å². The Labute approximate surface area is 168 Å². The largest absolute Gasteiger partial charge is 0.488 e. The molecule has 0 unspecified atom stereocenters. The van der Waals surface area contributed by atoms with Crippen LogP contribution in [-0.4, -0.2) is 51.5 Å². The van der Waals surface area contributed by atoms with Gasteiger partial charge in [0.25, 0.3) is 5.91 Å². The summed E-state index contributed by atoms with van der Waals surface area (Å²) < 4.78 is 19.1. The van der Waals surface area contributed by atoms with E-state index >= 15 is 0 Å². The van der Waals surface area contributed by atoms with Crippen molar-refractivity contribution < 1.29 is 19.0 Å². The van der Waals surface area contributed by atoms with Crippen LogP contribution in [0.2, 0.25) is 0 Å². The Morgan fingerprint density at radius 3 is 2.83 bits per heavy atom. The van der Waals surface area contributed by atoms with Crippen LogP contribution in [0.1, 0.15) is 32.3 Å². The van der Waals surface area contributed by atoms with Crippen molar-refractivity contribution in [1.82, 2.24) is 20.0 Å². The molecular formula is C20H23N5O4. The van der Waals surface area contributed by atoms with Gasteiger partial charge in [-0.25, -0.2) is 9.67 Å². The number of nitrogens with zero attached hydrogens (tertiary/aromatic N) is 4. The fraction of sp³-hybridized carbons (Fsp3) is 0.500. The minimum atomic E-state index is -0.697. The summed E-state index contributed by atoms with van der Waals surface area (Å²) in [4.78, 5) is 15.3. The maximum atomic E-state index is 10.9. The standard InChI is InChI=1S/C20H23N5O4/c1-20(2)11-27-18(28-12-20)10-25-9-15(23-24-25)19-16(29-14-4-5-14)7-13(8-22-19)3-6-17(21)26/h7-9,14,18H,4-5,10-12H2,1-2H3,(H2,21,26). The second-order valence-electron chi connectivity index (χ2n) is 8.04. The van der Waals surface area contributed by atoms with Gasteiger partial charge in [0.05, 0.1) is 32.1 Å². The van der Waals surface area contributed by atoms with E-state index in [1.807, 2.05) is 0 Å². The Balaban J connectivity index is 1.52. The molecule has 152 valence electrons. The van der Waals surface area contributed by atoms with Gasteiger partial charge in [-0.2, -0.15) is 0 Å². The summed E-state index contributed by atoms with van der Waals surface area (Å²) in [7, 11) is 0. The molecule has 9 nitrogen and oxygen atoms in total. The van der Waals surface area contributed by atoms with Crippen LogP contribution in [0, 0.1) is 17.3 Å². The summed E-state index contributed by atoms with van der Waals surface area (Å²) in [6, 6.07) is 1.74. The van der Waals surface area contributed by atoms with E-state index in [9.17, 15) is 4.79 Å². The van der Waals surface area contributed by atoms with Gasteiger partial charge < -0.3 is 19.9 Å². The van der Waals surface area contributed by atoms with Gasteiger partial charge in [0, 0.05) is 23.1 Å². The molecule has 2 N–H and O–H groups in total. The lowest BCUT2D eigenvalue weighted by Crippen LogP contribution is -2.39. The maximum absolute atomic E-state index is 10.9. The summed E-state index contributed by atoms with van der Waals surface area (Å²) >= 11 is 0. The number of hydrogen-bond donors (Lipinski definition) is 1. The van der Waals surface area contributed by atoms with Crippen molar-refractivity contribution in [3.8, 4) is 29.0 Å². The zero-order chi connectivity index (χ0) is 20.4. The fourth-order valence-corrected chi connectivity index (χ4v) is 2.78. The second-order valence-corrected chi connectivity index (χ2v) is 8.04. The Morgan fingerprint density at radius 2 is 2.14 bits per heavy atom. The van der Waals surface area contributed by atoms with Crippen LogP contribution in [-0.2, 0) is 20.8 Å². The highest BCUT2D eigenvalue weighted by Crippen LogP contribution is 2.33. The lowest BCUT2D eigenvalue weighted by molar-refractivity contribution is -0.227. The number of primary amides is 1.